The average Bonchev–Trinajstić information content (AvgIpc) is 3.22. The first-order valence-corrected chi connectivity index (χ1v) is 9.09. The number of methoxy groups -OCH3 is 1. The summed E-state index contributed by atoms with van der Waals surface area (Å²) < 4.78 is 7.03. The molecule has 0 bridgehead atoms. The molecule has 1 aromatic heterocycles. The lowest BCUT2D eigenvalue weighted by atomic mass is 10.1. The first-order chi connectivity index (χ1) is 13.5. The number of hydrogen-bond donors (Lipinski definition) is 2. The van der Waals surface area contributed by atoms with E-state index in [1.54, 1.807) is 19.2 Å². The van der Waals surface area contributed by atoms with Crippen molar-refractivity contribution in [3.63, 3.8) is 0 Å². The average molecular weight is 384 g/mol. The van der Waals surface area contributed by atoms with Gasteiger partial charge in [0.1, 0.15) is 11.8 Å². The molecule has 3 rings (SSSR count). The molecule has 1 saturated heterocycles. The van der Waals surface area contributed by atoms with Gasteiger partial charge in [-0.25, -0.2) is 4.79 Å². The van der Waals surface area contributed by atoms with Crippen LogP contribution in [0.15, 0.2) is 42.6 Å². The molecule has 28 heavy (non-hydrogen) atoms. The number of carbonyl (C=O) groups excluding carboxylic acids is 3. The number of nitrogens with one attached hydrogen (secondary N) is 2. The molecule has 0 aliphatic carbocycles. The molecule has 1 fully saturated rings. The highest BCUT2D eigenvalue weighted by molar-refractivity contribution is 6.04. The molecule has 0 unspecified atom stereocenters. The van der Waals surface area contributed by atoms with Gasteiger partial charge < -0.3 is 19.9 Å². The van der Waals surface area contributed by atoms with Gasteiger partial charge in [-0.3, -0.25) is 14.5 Å². The van der Waals surface area contributed by atoms with E-state index in [2.05, 4.69) is 10.6 Å². The van der Waals surface area contributed by atoms with Gasteiger partial charge in [0.25, 0.3) is 5.91 Å². The highest BCUT2D eigenvalue weighted by Gasteiger charge is 2.37. The van der Waals surface area contributed by atoms with Gasteiger partial charge in [-0.15, -0.1) is 0 Å². The first kappa shape index (κ1) is 19.5. The standard InChI is InChI=1S/C20H24N4O4/c1-23-11-3-4-15(23)12-21-18(25)10-9-17-19(26)24(20(27)22-17)13-14-5-7-16(28-2)8-6-14/h3-8,11,17H,9-10,12-13H2,1-2H3,(H,21,25)(H,22,27)/t17-/m1/s1. The lowest BCUT2D eigenvalue weighted by Gasteiger charge is -2.13. The van der Waals surface area contributed by atoms with E-state index in [1.165, 1.54) is 4.90 Å². The minimum atomic E-state index is -0.675. The van der Waals surface area contributed by atoms with Crippen molar-refractivity contribution in [1.82, 2.24) is 20.1 Å². The molecule has 2 heterocycles. The van der Waals surface area contributed by atoms with Crippen molar-refractivity contribution in [2.75, 3.05) is 7.11 Å². The second-order valence-corrected chi connectivity index (χ2v) is 6.70. The smallest absolute Gasteiger partial charge is 0.325 e. The molecule has 1 aliphatic heterocycles. The van der Waals surface area contributed by atoms with Gasteiger partial charge >= 0.3 is 6.03 Å². The van der Waals surface area contributed by atoms with Gasteiger partial charge in [0.15, 0.2) is 0 Å². The van der Waals surface area contributed by atoms with E-state index in [0.29, 0.717) is 12.3 Å². The molecule has 4 amide bonds. The summed E-state index contributed by atoms with van der Waals surface area (Å²) in [6.45, 7) is 0.613. The normalized spacial score (nSPS) is 16.2. The fraction of sp³-hybridized carbons (Fsp3) is 0.350. The SMILES string of the molecule is COc1ccc(CN2C(=O)N[C@H](CCC(=O)NCc3cccn3C)C2=O)cc1. The largest absolute Gasteiger partial charge is 0.497 e. The predicted octanol–water partition coefficient (Wildman–Crippen LogP) is 1.55. The number of benzene rings is 1. The Kier molecular flexibility index (Phi) is 5.98. The van der Waals surface area contributed by atoms with E-state index in [9.17, 15) is 14.4 Å². The number of rotatable bonds is 8. The number of hydrogen-bond acceptors (Lipinski definition) is 4. The van der Waals surface area contributed by atoms with Crippen LogP contribution in [0.3, 0.4) is 0 Å². The Morgan fingerprint density at radius 3 is 2.61 bits per heavy atom. The van der Waals surface area contributed by atoms with Crippen LogP contribution in [0.4, 0.5) is 4.79 Å². The maximum Gasteiger partial charge on any atom is 0.325 e. The van der Waals surface area contributed by atoms with Crippen molar-refractivity contribution in [2.24, 2.45) is 7.05 Å². The summed E-state index contributed by atoms with van der Waals surface area (Å²) in [4.78, 5) is 37.9. The van der Waals surface area contributed by atoms with Crippen LogP contribution in [0, 0.1) is 0 Å². The number of aryl methyl sites for hydroxylation is 1. The molecule has 1 aromatic carbocycles. The molecule has 148 valence electrons. The van der Waals surface area contributed by atoms with Gasteiger partial charge in [0.05, 0.1) is 20.2 Å². The molecular weight excluding hydrogens is 360 g/mol. The van der Waals surface area contributed by atoms with Crippen molar-refractivity contribution < 1.29 is 19.1 Å². The zero-order valence-corrected chi connectivity index (χ0v) is 16.0. The molecule has 8 heteroatoms. The van der Waals surface area contributed by atoms with Crippen LogP contribution in [0.2, 0.25) is 0 Å². The first-order valence-electron chi connectivity index (χ1n) is 9.09. The summed E-state index contributed by atoms with van der Waals surface area (Å²) in [5, 5.41) is 5.49. The zero-order valence-electron chi connectivity index (χ0n) is 16.0. The number of ether oxygens (including phenoxy) is 1. The van der Waals surface area contributed by atoms with Crippen LogP contribution in [0.25, 0.3) is 0 Å². The number of urea groups is 1. The molecular formula is C20H24N4O4. The summed E-state index contributed by atoms with van der Waals surface area (Å²) in [6, 6.07) is 9.91. The molecule has 0 radical (unpaired) electrons. The second-order valence-electron chi connectivity index (χ2n) is 6.70. The molecule has 0 spiro atoms. The summed E-state index contributed by atoms with van der Waals surface area (Å²) in [5.74, 6) is 0.244. The van der Waals surface area contributed by atoms with E-state index >= 15 is 0 Å². The Bertz CT molecular complexity index is 859. The second kappa shape index (κ2) is 8.60. The van der Waals surface area contributed by atoms with Gasteiger partial charge in [-0.1, -0.05) is 12.1 Å². The Balaban J connectivity index is 1.48. The maximum atomic E-state index is 12.5. The van der Waals surface area contributed by atoms with Gasteiger partial charge in [0, 0.05) is 25.4 Å². The third-order valence-corrected chi connectivity index (χ3v) is 4.78. The molecule has 1 atom stereocenters. The summed E-state index contributed by atoms with van der Waals surface area (Å²) >= 11 is 0. The van der Waals surface area contributed by atoms with E-state index in [1.807, 2.05) is 42.1 Å². The van der Waals surface area contributed by atoms with Crippen molar-refractivity contribution in [3.05, 3.63) is 53.9 Å². The zero-order chi connectivity index (χ0) is 20.1. The number of amides is 4. The minimum Gasteiger partial charge on any atom is -0.497 e. The number of imide groups is 1. The number of aromatic nitrogens is 1. The maximum absolute atomic E-state index is 12.5. The van der Waals surface area contributed by atoms with Crippen molar-refractivity contribution in [1.29, 1.82) is 0 Å². The van der Waals surface area contributed by atoms with E-state index in [4.69, 9.17) is 4.74 Å². The third kappa shape index (κ3) is 4.51. The molecule has 8 nitrogen and oxygen atoms in total. The molecule has 2 N–H and O–H groups in total. The van der Waals surface area contributed by atoms with E-state index in [-0.39, 0.29) is 31.2 Å². The highest BCUT2D eigenvalue weighted by atomic mass is 16.5. The lowest BCUT2D eigenvalue weighted by molar-refractivity contribution is -0.128. The van der Waals surface area contributed by atoms with Gasteiger partial charge in [-0.2, -0.15) is 0 Å². The van der Waals surface area contributed by atoms with Crippen LogP contribution < -0.4 is 15.4 Å². The van der Waals surface area contributed by atoms with E-state index in [0.717, 1.165) is 11.3 Å². The summed E-state index contributed by atoms with van der Waals surface area (Å²) in [7, 11) is 3.48. The molecule has 2 aromatic rings. The number of nitrogens with zero attached hydrogens (tertiary/aromatic N) is 2. The number of carbonyl (C=O) groups is 3. The summed E-state index contributed by atoms with van der Waals surface area (Å²) in [5.41, 5.74) is 1.81. The van der Waals surface area contributed by atoms with Gasteiger partial charge in [-0.05, 0) is 36.2 Å². The van der Waals surface area contributed by atoms with Gasteiger partial charge in [0.2, 0.25) is 5.91 Å². The van der Waals surface area contributed by atoms with Crippen LogP contribution >= 0.6 is 0 Å². The quantitative estimate of drug-likeness (QED) is 0.676. The Labute approximate surface area is 163 Å². The monoisotopic (exact) mass is 384 g/mol. The minimum absolute atomic E-state index is 0.156. The summed E-state index contributed by atoms with van der Waals surface area (Å²) in [6.07, 6.45) is 2.34. The van der Waals surface area contributed by atoms with Crippen LogP contribution in [0.1, 0.15) is 24.1 Å². The van der Waals surface area contributed by atoms with Crippen molar-refractivity contribution in [3.8, 4) is 5.75 Å². The molecule has 1 aliphatic rings. The van der Waals surface area contributed by atoms with E-state index < -0.39 is 12.1 Å². The van der Waals surface area contributed by atoms with Crippen molar-refractivity contribution >= 4 is 17.8 Å². The Morgan fingerprint density at radius 1 is 1.21 bits per heavy atom. The fourth-order valence-electron chi connectivity index (χ4n) is 3.07. The topological polar surface area (TPSA) is 92.7 Å². The third-order valence-electron chi connectivity index (χ3n) is 4.78. The van der Waals surface area contributed by atoms with Crippen LogP contribution in [0.5, 0.6) is 5.75 Å². The molecule has 0 saturated carbocycles. The lowest BCUT2D eigenvalue weighted by Crippen LogP contribution is -2.32. The van der Waals surface area contributed by atoms with Crippen molar-refractivity contribution in [2.45, 2.75) is 32.0 Å². The Morgan fingerprint density at radius 2 is 1.96 bits per heavy atom. The van der Waals surface area contributed by atoms with Crippen LogP contribution in [-0.4, -0.2) is 40.5 Å². The highest BCUT2D eigenvalue weighted by Crippen LogP contribution is 2.17. The van der Waals surface area contributed by atoms with Crippen LogP contribution in [-0.2, 0) is 29.7 Å². The predicted molar refractivity (Wildman–Crippen MR) is 102 cm³/mol. The Hall–Kier alpha value is -3.29. The fourth-order valence-corrected chi connectivity index (χ4v) is 3.07.